The molecule has 2 aliphatic carbocycles. The van der Waals surface area contributed by atoms with Crippen molar-refractivity contribution in [3.05, 3.63) is 30.6 Å². The lowest BCUT2D eigenvalue weighted by atomic mass is 9.82. The first-order valence-corrected chi connectivity index (χ1v) is 12.4. The van der Waals surface area contributed by atoms with Crippen LogP contribution in [0.4, 0.5) is 10.2 Å². The van der Waals surface area contributed by atoms with Crippen LogP contribution in [0.15, 0.2) is 30.6 Å². The fraction of sp³-hybridized carbons (Fsp3) is 0.500. The summed E-state index contributed by atoms with van der Waals surface area (Å²) in [6.45, 7) is 2.17. The van der Waals surface area contributed by atoms with Crippen LogP contribution in [0.5, 0.6) is 17.5 Å². The maximum atomic E-state index is 15.0. The molecule has 0 radical (unpaired) electrons. The maximum absolute atomic E-state index is 15.0. The van der Waals surface area contributed by atoms with Crippen LogP contribution in [0.2, 0.25) is 0 Å². The molecule has 190 valence electrons. The van der Waals surface area contributed by atoms with Gasteiger partial charge in [0.05, 0.1) is 43.9 Å². The number of aromatic nitrogens is 5. The third-order valence-corrected chi connectivity index (χ3v) is 7.16. The van der Waals surface area contributed by atoms with Gasteiger partial charge in [-0.05, 0) is 50.2 Å². The summed E-state index contributed by atoms with van der Waals surface area (Å²) >= 11 is 0. The number of aromatic hydroxyl groups is 1. The standard InChI is InChI=1S/C26H31FN6O3/c1-4-15-5-10-19(27)21(11-15)33(17-7-8-17)23-14-28-24(32-31-23)18-9-6-16(12-22(18)34)20-13-29-25(35-2)26(30-20)36-3/h6,9,12-15,17,19,21,34H,4-5,7-8,10-11H2,1-3H3/t15-,19+,21-/m1/s1. The van der Waals surface area contributed by atoms with Gasteiger partial charge in [-0.25, -0.2) is 19.3 Å². The molecule has 10 heteroatoms. The first-order chi connectivity index (χ1) is 17.5. The Kier molecular flexibility index (Phi) is 6.84. The molecule has 0 amide bonds. The highest BCUT2D eigenvalue weighted by Crippen LogP contribution is 2.40. The molecule has 1 aromatic carbocycles. The summed E-state index contributed by atoms with van der Waals surface area (Å²) in [4.78, 5) is 15.2. The number of halogens is 1. The zero-order valence-electron chi connectivity index (χ0n) is 20.8. The van der Waals surface area contributed by atoms with E-state index in [4.69, 9.17) is 9.47 Å². The van der Waals surface area contributed by atoms with Gasteiger partial charge in [-0.3, -0.25) is 0 Å². The molecule has 3 atom stereocenters. The third kappa shape index (κ3) is 4.76. The Hall–Kier alpha value is -3.56. The minimum Gasteiger partial charge on any atom is -0.507 e. The monoisotopic (exact) mass is 494 g/mol. The lowest BCUT2D eigenvalue weighted by Crippen LogP contribution is -2.47. The van der Waals surface area contributed by atoms with Crippen molar-refractivity contribution in [3.63, 3.8) is 0 Å². The van der Waals surface area contributed by atoms with Crippen molar-refractivity contribution in [2.75, 3.05) is 19.1 Å². The normalized spacial score (nSPS) is 21.7. The predicted molar refractivity (Wildman–Crippen MR) is 133 cm³/mol. The Labute approximate surface area is 209 Å². The summed E-state index contributed by atoms with van der Waals surface area (Å²) < 4.78 is 25.3. The number of phenolic OH excluding ortho intramolecular Hbond substituents is 1. The molecule has 0 spiro atoms. The van der Waals surface area contributed by atoms with Crippen molar-refractivity contribution in [3.8, 4) is 40.2 Å². The van der Waals surface area contributed by atoms with Gasteiger partial charge in [0, 0.05) is 11.6 Å². The number of hydrogen-bond acceptors (Lipinski definition) is 9. The highest BCUT2D eigenvalue weighted by molar-refractivity contribution is 5.71. The molecule has 0 aliphatic heterocycles. The van der Waals surface area contributed by atoms with E-state index in [-0.39, 0.29) is 23.6 Å². The van der Waals surface area contributed by atoms with Crippen LogP contribution < -0.4 is 14.4 Å². The Morgan fingerprint density at radius 1 is 1.03 bits per heavy atom. The predicted octanol–water partition coefficient (Wildman–Crippen LogP) is 4.60. The van der Waals surface area contributed by atoms with Crippen molar-refractivity contribution in [2.45, 2.75) is 63.7 Å². The average Bonchev–Trinajstić information content (AvgIpc) is 3.75. The molecule has 2 saturated carbocycles. The molecule has 2 fully saturated rings. The lowest BCUT2D eigenvalue weighted by Gasteiger charge is -2.40. The highest BCUT2D eigenvalue weighted by atomic mass is 19.1. The average molecular weight is 495 g/mol. The summed E-state index contributed by atoms with van der Waals surface area (Å²) in [6.07, 6.45) is 7.82. The van der Waals surface area contributed by atoms with Crippen molar-refractivity contribution in [1.82, 2.24) is 25.1 Å². The van der Waals surface area contributed by atoms with Crippen molar-refractivity contribution < 1.29 is 19.0 Å². The molecule has 5 rings (SSSR count). The van der Waals surface area contributed by atoms with E-state index < -0.39 is 6.17 Å². The molecule has 2 aromatic heterocycles. The molecule has 0 bridgehead atoms. The lowest BCUT2D eigenvalue weighted by molar-refractivity contribution is 0.166. The molecular formula is C26H31FN6O3. The van der Waals surface area contributed by atoms with Crippen LogP contribution in [0.1, 0.15) is 45.4 Å². The van der Waals surface area contributed by atoms with E-state index in [1.807, 2.05) is 0 Å². The maximum Gasteiger partial charge on any atom is 0.278 e. The zero-order chi connectivity index (χ0) is 25.2. The van der Waals surface area contributed by atoms with E-state index in [0.717, 1.165) is 32.1 Å². The van der Waals surface area contributed by atoms with E-state index in [9.17, 15) is 9.50 Å². The van der Waals surface area contributed by atoms with E-state index in [0.29, 0.717) is 46.8 Å². The van der Waals surface area contributed by atoms with Crippen molar-refractivity contribution in [2.24, 2.45) is 5.92 Å². The Morgan fingerprint density at radius 3 is 2.47 bits per heavy atom. The number of rotatable bonds is 8. The van der Waals surface area contributed by atoms with Gasteiger partial charge in [-0.2, -0.15) is 0 Å². The number of alkyl halides is 1. The Balaban J connectivity index is 1.39. The highest BCUT2D eigenvalue weighted by Gasteiger charge is 2.41. The minimum absolute atomic E-state index is 0.0143. The summed E-state index contributed by atoms with van der Waals surface area (Å²) in [6, 6.07) is 5.18. The zero-order valence-corrected chi connectivity index (χ0v) is 20.8. The van der Waals surface area contributed by atoms with Crippen LogP contribution in [0, 0.1) is 5.92 Å². The molecule has 36 heavy (non-hydrogen) atoms. The van der Waals surface area contributed by atoms with Gasteiger partial charge in [-0.1, -0.05) is 19.4 Å². The number of phenols is 1. The van der Waals surface area contributed by atoms with Crippen molar-refractivity contribution >= 4 is 5.82 Å². The quantitative estimate of drug-likeness (QED) is 0.481. The van der Waals surface area contributed by atoms with Crippen LogP contribution in [-0.2, 0) is 0 Å². The van der Waals surface area contributed by atoms with Crippen LogP contribution >= 0.6 is 0 Å². The fourth-order valence-corrected chi connectivity index (χ4v) is 5.00. The summed E-state index contributed by atoms with van der Waals surface area (Å²) in [7, 11) is 2.97. The molecule has 1 N–H and O–H groups in total. The molecule has 0 unspecified atom stereocenters. The molecule has 2 aliphatic rings. The van der Waals surface area contributed by atoms with Gasteiger partial charge in [0.1, 0.15) is 11.9 Å². The summed E-state index contributed by atoms with van der Waals surface area (Å²) in [5, 5.41) is 19.5. The van der Waals surface area contributed by atoms with Crippen LogP contribution in [0.25, 0.3) is 22.6 Å². The topological polar surface area (TPSA) is 106 Å². The first-order valence-electron chi connectivity index (χ1n) is 12.4. The van der Waals surface area contributed by atoms with Gasteiger partial charge in [-0.15, -0.1) is 10.2 Å². The summed E-state index contributed by atoms with van der Waals surface area (Å²) in [5.41, 5.74) is 1.60. The SMILES string of the molecule is CC[C@@H]1CC[C@H](F)[C@H](N(c2cnc(-c3ccc(-c4cnc(OC)c(OC)n4)cc3O)nn2)C2CC2)C1. The van der Waals surface area contributed by atoms with Crippen LogP contribution in [-0.4, -0.2) is 62.7 Å². The van der Waals surface area contributed by atoms with Crippen LogP contribution in [0.3, 0.4) is 0 Å². The molecule has 3 aromatic rings. The number of anilines is 1. The minimum atomic E-state index is -0.869. The number of benzene rings is 1. The number of ether oxygens (including phenoxy) is 2. The number of methoxy groups -OCH3 is 2. The number of hydrogen-bond donors (Lipinski definition) is 1. The second-order valence-corrected chi connectivity index (χ2v) is 9.45. The molecule has 9 nitrogen and oxygen atoms in total. The largest absolute Gasteiger partial charge is 0.507 e. The van der Waals surface area contributed by atoms with E-state index in [1.165, 1.54) is 14.2 Å². The van der Waals surface area contributed by atoms with E-state index >= 15 is 0 Å². The van der Waals surface area contributed by atoms with E-state index in [2.05, 4.69) is 37.0 Å². The molecule has 0 saturated heterocycles. The second kappa shape index (κ2) is 10.2. The van der Waals surface area contributed by atoms with Gasteiger partial charge in [0.25, 0.3) is 11.8 Å². The summed E-state index contributed by atoms with van der Waals surface area (Å²) in [5.74, 6) is 1.94. The van der Waals surface area contributed by atoms with Gasteiger partial charge >= 0.3 is 0 Å². The second-order valence-electron chi connectivity index (χ2n) is 9.45. The van der Waals surface area contributed by atoms with E-state index in [1.54, 1.807) is 30.6 Å². The van der Waals surface area contributed by atoms with Gasteiger partial charge in [0.15, 0.2) is 11.6 Å². The third-order valence-electron chi connectivity index (χ3n) is 7.16. The Bertz CT molecular complexity index is 1210. The molecule has 2 heterocycles. The van der Waals surface area contributed by atoms with Crippen molar-refractivity contribution in [1.29, 1.82) is 0 Å². The fourth-order valence-electron chi connectivity index (χ4n) is 5.00. The molecular weight excluding hydrogens is 463 g/mol. The Morgan fingerprint density at radius 2 is 1.83 bits per heavy atom. The van der Waals surface area contributed by atoms with Gasteiger partial charge in [0.2, 0.25) is 0 Å². The van der Waals surface area contributed by atoms with Gasteiger partial charge < -0.3 is 19.5 Å². The first kappa shape index (κ1) is 24.1. The smallest absolute Gasteiger partial charge is 0.278 e. The number of nitrogens with zero attached hydrogens (tertiary/aromatic N) is 6.